The fourth-order valence-corrected chi connectivity index (χ4v) is 6.47. The van der Waals surface area contributed by atoms with Crippen molar-refractivity contribution in [2.45, 2.75) is 18.9 Å². The highest BCUT2D eigenvalue weighted by atomic mass is 79.9. The van der Waals surface area contributed by atoms with Gasteiger partial charge in [-0.3, -0.25) is 9.59 Å². The largest absolute Gasteiger partial charge is 1.00 e. The van der Waals surface area contributed by atoms with Crippen molar-refractivity contribution in [3.63, 3.8) is 0 Å². The highest BCUT2D eigenvalue weighted by Gasteiger charge is 2.50. The smallest absolute Gasteiger partial charge is 0.315 e. The summed E-state index contributed by atoms with van der Waals surface area (Å²) in [5.41, 5.74) is 0.887. The van der Waals surface area contributed by atoms with Gasteiger partial charge >= 0.3 is 5.97 Å². The fraction of sp³-hybridized carbons (Fsp3) is 0.333. The molecule has 1 aromatic heterocycles. The SMILES string of the molecule is O=C(C[N+]12CCC(CC1)C(C(=O)OC(c1cccc(F)c1)c1cccc(F)c1)C2)c1ccc(Cl)s1.[Br-]. The van der Waals surface area contributed by atoms with Crippen molar-refractivity contribution in [3.8, 4) is 0 Å². The lowest BCUT2D eigenvalue weighted by molar-refractivity contribution is -0.938. The van der Waals surface area contributed by atoms with Crippen LogP contribution in [0, 0.1) is 23.5 Å². The Morgan fingerprint density at radius 1 is 1.00 bits per heavy atom. The molecule has 0 spiro atoms. The van der Waals surface area contributed by atoms with Crippen LogP contribution in [0.15, 0.2) is 60.7 Å². The van der Waals surface area contributed by atoms with E-state index in [0.29, 0.717) is 37.9 Å². The van der Waals surface area contributed by atoms with Crippen molar-refractivity contribution >= 4 is 34.7 Å². The van der Waals surface area contributed by atoms with Gasteiger partial charge in [0.1, 0.15) is 24.1 Å². The van der Waals surface area contributed by atoms with Crippen LogP contribution >= 0.6 is 22.9 Å². The molecule has 4 nitrogen and oxygen atoms in total. The summed E-state index contributed by atoms with van der Waals surface area (Å²) in [5.74, 6) is -1.47. The van der Waals surface area contributed by atoms with Crippen LogP contribution in [0.3, 0.4) is 0 Å². The van der Waals surface area contributed by atoms with Gasteiger partial charge in [-0.05, 0) is 53.4 Å². The first-order chi connectivity index (χ1) is 16.8. The molecule has 3 saturated heterocycles. The van der Waals surface area contributed by atoms with Crippen LogP contribution in [0.25, 0.3) is 0 Å². The van der Waals surface area contributed by atoms with Crippen molar-refractivity contribution in [1.82, 2.24) is 0 Å². The van der Waals surface area contributed by atoms with E-state index in [-0.39, 0.29) is 40.6 Å². The third-order valence-corrected chi connectivity index (χ3v) is 8.54. The van der Waals surface area contributed by atoms with Crippen molar-refractivity contribution in [2.24, 2.45) is 11.8 Å². The normalized spacial score (nSPS) is 22.8. The standard InChI is InChI=1S/C27H25ClF2NO3S.BrH/c28-25-8-7-24(35-25)23(32)16-31-11-9-17(10-12-31)22(15-31)27(33)34-26(18-3-1-5-20(29)13-18)19-4-2-6-21(30)14-19;/h1-8,13-14,17,22,26H,9-12,15-16H2;1H/q+1;/p-1. The number of thiophene rings is 1. The first kappa shape index (κ1) is 26.9. The maximum Gasteiger partial charge on any atom is 0.315 e. The number of carbonyl (C=O) groups is 2. The zero-order valence-electron chi connectivity index (χ0n) is 19.3. The molecule has 0 aliphatic carbocycles. The third-order valence-electron chi connectivity index (χ3n) is 7.27. The quantitative estimate of drug-likeness (QED) is 0.239. The molecule has 3 fully saturated rings. The Morgan fingerprint density at radius 2 is 1.61 bits per heavy atom. The monoisotopic (exact) mass is 595 g/mol. The van der Waals surface area contributed by atoms with E-state index < -0.39 is 17.7 Å². The molecule has 3 aromatic rings. The molecule has 9 heteroatoms. The number of quaternary nitrogens is 1. The Kier molecular flexibility index (Phi) is 8.29. The summed E-state index contributed by atoms with van der Waals surface area (Å²) in [6.07, 6.45) is 0.749. The van der Waals surface area contributed by atoms with Crippen molar-refractivity contribution in [3.05, 3.63) is 92.6 Å². The molecule has 1 atom stereocenters. The van der Waals surface area contributed by atoms with E-state index in [1.54, 1.807) is 36.4 Å². The van der Waals surface area contributed by atoms with Gasteiger partial charge in [0.25, 0.3) is 0 Å². The van der Waals surface area contributed by atoms with Crippen LogP contribution in [0.1, 0.15) is 39.7 Å². The highest BCUT2D eigenvalue weighted by Crippen LogP contribution is 2.40. The number of Topliss-reactive ketones (excluding diaryl/α,β-unsaturated/α-hetero) is 1. The molecule has 4 heterocycles. The number of hydrogen-bond acceptors (Lipinski definition) is 4. The molecule has 3 aliphatic heterocycles. The molecule has 3 aliphatic rings. The lowest BCUT2D eigenvalue weighted by atomic mass is 9.77. The van der Waals surface area contributed by atoms with Gasteiger partial charge in [-0.1, -0.05) is 35.9 Å². The number of hydrogen-bond donors (Lipinski definition) is 0. The predicted molar refractivity (Wildman–Crippen MR) is 130 cm³/mol. The number of fused-ring (bicyclic) bond motifs is 3. The molecular formula is C27H25BrClF2NO3S. The minimum Gasteiger partial charge on any atom is -1.00 e. The lowest BCUT2D eigenvalue weighted by Crippen LogP contribution is -3.00. The molecular weight excluding hydrogens is 572 g/mol. The topological polar surface area (TPSA) is 43.4 Å². The van der Waals surface area contributed by atoms with E-state index in [1.165, 1.54) is 35.6 Å². The fourth-order valence-electron chi connectivity index (χ4n) is 5.49. The van der Waals surface area contributed by atoms with Gasteiger partial charge in [0.2, 0.25) is 5.78 Å². The molecule has 0 N–H and O–H groups in total. The van der Waals surface area contributed by atoms with E-state index in [4.69, 9.17) is 16.3 Å². The zero-order chi connectivity index (χ0) is 24.6. The number of halogens is 4. The maximum absolute atomic E-state index is 14.0. The Balaban J connectivity index is 0.00000304. The number of nitrogens with zero attached hydrogens (tertiary/aromatic N) is 1. The number of rotatable bonds is 7. The van der Waals surface area contributed by atoms with Gasteiger partial charge in [0, 0.05) is 12.8 Å². The molecule has 0 radical (unpaired) electrons. The van der Waals surface area contributed by atoms with Crippen molar-refractivity contribution in [1.29, 1.82) is 0 Å². The van der Waals surface area contributed by atoms with E-state index >= 15 is 0 Å². The molecule has 0 amide bonds. The Labute approximate surface area is 228 Å². The second kappa shape index (κ2) is 11.1. The summed E-state index contributed by atoms with van der Waals surface area (Å²) in [7, 11) is 0. The lowest BCUT2D eigenvalue weighted by Gasteiger charge is -2.51. The van der Waals surface area contributed by atoms with Crippen molar-refractivity contribution in [2.75, 3.05) is 26.2 Å². The molecule has 1 unspecified atom stereocenters. The van der Waals surface area contributed by atoms with Gasteiger partial charge < -0.3 is 26.2 Å². The average molecular weight is 597 g/mol. The van der Waals surface area contributed by atoms with Crippen LogP contribution in [0.5, 0.6) is 0 Å². The van der Waals surface area contributed by atoms with Crippen LogP contribution < -0.4 is 17.0 Å². The van der Waals surface area contributed by atoms with E-state index in [9.17, 15) is 18.4 Å². The van der Waals surface area contributed by atoms with Gasteiger partial charge in [0.15, 0.2) is 6.10 Å². The number of ketones is 1. The number of esters is 1. The van der Waals surface area contributed by atoms with Crippen LogP contribution in [0.4, 0.5) is 8.78 Å². The average Bonchev–Trinajstić information content (AvgIpc) is 3.29. The summed E-state index contributed by atoms with van der Waals surface area (Å²) in [4.78, 5) is 27.1. The Bertz CT molecular complexity index is 1220. The number of benzene rings is 2. The summed E-state index contributed by atoms with van der Waals surface area (Å²) >= 11 is 7.28. The molecule has 2 bridgehead atoms. The number of carbonyl (C=O) groups excluding carboxylic acids is 2. The second-order valence-corrected chi connectivity index (χ2v) is 11.2. The molecule has 6 rings (SSSR count). The van der Waals surface area contributed by atoms with E-state index in [2.05, 4.69) is 0 Å². The van der Waals surface area contributed by atoms with Gasteiger partial charge in [0.05, 0.1) is 28.8 Å². The number of ether oxygens (including phenoxy) is 1. The third kappa shape index (κ3) is 5.72. The van der Waals surface area contributed by atoms with E-state index in [0.717, 1.165) is 25.9 Å². The minimum absolute atomic E-state index is 0. The summed E-state index contributed by atoms with van der Waals surface area (Å²) < 4.78 is 35.1. The first-order valence-corrected chi connectivity index (χ1v) is 12.9. The minimum atomic E-state index is -0.923. The molecule has 36 heavy (non-hydrogen) atoms. The van der Waals surface area contributed by atoms with E-state index in [1.807, 2.05) is 0 Å². The molecule has 0 saturated carbocycles. The highest BCUT2D eigenvalue weighted by molar-refractivity contribution is 7.18. The van der Waals surface area contributed by atoms with Crippen LogP contribution in [0.2, 0.25) is 4.34 Å². The Morgan fingerprint density at radius 3 is 2.14 bits per heavy atom. The summed E-state index contributed by atoms with van der Waals surface area (Å²) in [6, 6.07) is 15.1. The number of piperidine rings is 3. The summed E-state index contributed by atoms with van der Waals surface area (Å²) in [6.45, 7) is 2.53. The molecule has 190 valence electrons. The second-order valence-electron chi connectivity index (χ2n) is 9.53. The van der Waals surface area contributed by atoms with Crippen molar-refractivity contribution < 1.29 is 44.6 Å². The maximum atomic E-state index is 14.0. The van der Waals surface area contributed by atoms with Crippen LogP contribution in [-0.2, 0) is 9.53 Å². The predicted octanol–water partition coefficient (Wildman–Crippen LogP) is 3.06. The first-order valence-electron chi connectivity index (χ1n) is 11.7. The molecule has 2 aromatic carbocycles. The zero-order valence-corrected chi connectivity index (χ0v) is 22.5. The summed E-state index contributed by atoms with van der Waals surface area (Å²) in [5, 5.41) is 0. The van der Waals surface area contributed by atoms with Gasteiger partial charge in [-0.25, -0.2) is 8.78 Å². The Hall–Kier alpha value is -2.13. The van der Waals surface area contributed by atoms with Gasteiger partial charge in [-0.15, -0.1) is 11.3 Å². The van der Waals surface area contributed by atoms with Gasteiger partial charge in [-0.2, -0.15) is 0 Å². The van der Waals surface area contributed by atoms with Crippen LogP contribution in [-0.4, -0.2) is 42.4 Å².